The predicted molar refractivity (Wildman–Crippen MR) is 90.2 cm³/mol. The van der Waals surface area contributed by atoms with E-state index in [1.54, 1.807) is 12.4 Å². The van der Waals surface area contributed by atoms with Gasteiger partial charge in [0.1, 0.15) is 0 Å². The topological polar surface area (TPSA) is 76.6 Å². The fourth-order valence-electron chi connectivity index (χ4n) is 2.05. The maximum atomic E-state index is 12.0. The van der Waals surface area contributed by atoms with Gasteiger partial charge >= 0.3 is 5.97 Å². The molecule has 2 rings (SSSR count). The average Bonchev–Trinajstić information content (AvgIpc) is 2.59. The van der Waals surface area contributed by atoms with Gasteiger partial charge < -0.3 is 4.74 Å². The van der Waals surface area contributed by atoms with Crippen LogP contribution in [0.4, 0.5) is 0 Å². The molecule has 0 atom stereocenters. The number of nitrogens with zero attached hydrogens (tertiary/aromatic N) is 2. The zero-order valence-corrected chi connectivity index (χ0v) is 14.5. The molecule has 0 aliphatic heterocycles. The van der Waals surface area contributed by atoms with E-state index in [0.29, 0.717) is 18.6 Å². The van der Waals surface area contributed by atoms with Crippen LogP contribution in [0.25, 0.3) is 0 Å². The molecule has 128 valence electrons. The smallest absolute Gasteiger partial charge is 0.338 e. The minimum Gasteiger partial charge on any atom is -0.462 e. The molecule has 6 nitrogen and oxygen atoms in total. The summed E-state index contributed by atoms with van der Waals surface area (Å²) in [5, 5.41) is 0. The molecule has 1 aromatic carbocycles. The van der Waals surface area contributed by atoms with E-state index in [0.717, 1.165) is 16.3 Å². The zero-order chi connectivity index (χ0) is 17.6. The van der Waals surface area contributed by atoms with Crippen molar-refractivity contribution in [2.24, 2.45) is 0 Å². The quantitative estimate of drug-likeness (QED) is 0.566. The fourth-order valence-corrected chi connectivity index (χ4v) is 2.95. The SMILES string of the molecule is CN(C)S(=O)(=O)c1ccc(C(=O)OCCCc2ccncc2)cc1. The molecule has 0 fully saturated rings. The molecule has 0 spiro atoms. The highest BCUT2D eigenvalue weighted by atomic mass is 32.2. The Bertz CT molecular complexity index is 772. The molecule has 1 aromatic heterocycles. The van der Waals surface area contributed by atoms with Crippen molar-refractivity contribution in [3.05, 3.63) is 59.9 Å². The highest BCUT2D eigenvalue weighted by Crippen LogP contribution is 2.14. The van der Waals surface area contributed by atoms with Gasteiger partial charge in [0, 0.05) is 26.5 Å². The van der Waals surface area contributed by atoms with Crippen LogP contribution in [-0.2, 0) is 21.2 Å². The van der Waals surface area contributed by atoms with Gasteiger partial charge in [-0.05, 0) is 54.8 Å². The Labute approximate surface area is 142 Å². The zero-order valence-electron chi connectivity index (χ0n) is 13.7. The maximum Gasteiger partial charge on any atom is 0.338 e. The van der Waals surface area contributed by atoms with Crippen LogP contribution in [0, 0.1) is 0 Å². The molecule has 0 saturated carbocycles. The fraction of sp³-hybridized carbons (Fsp3) is 0.294. The summed E-state index contributed by atoms with van der Waals surface area (Å²) in [6.07, 6.45) is 4.97. The molecular formula is C17H20N2O4S. The number of carbonyl (C=O) groups excluding carboxylic acids is 1. The summed E-state index contributed by atoms with van der Waals surface area (Å²) < 4.78 is 30.3. The maximum absolute atomic E-state index is 12.0. The Hall–Kier alpha value is -2.25. The third-order valence-electron chi connectivity index (χ3n) is 3.46. The van der Waals surface area contributed by atoms with Gasteiger partial charge in [0.15, 0.2) is 0 Å². The Balaban J connectivity index is 1.87. The van der Waals surface area contributed by atoms with Crippen molar-refractivity contribution in [1.82, 2.24) is 9.29 Å². The van der Waals surface area contributed by atoms with E-state index in [4.69, 9.17) is 4.74 Å². The number of hydrogen-bond acceptors (Lipinski definition) is 5. The molecule has 0 aliphatic carbocycles. The van der Waals surface area contributed by atoms with Gasteiger partial charge in [0.25, 0.3) is 0 Å². The highest BCUT2D eigenvalue weighted by molar-refractivity contribution is 7.89. The summed E-state index contributed by atoms with van der Waals surface area (Å²) in [6.45, 7) is 0.304. The molecule has 0 aliphatic rings. The van der Waals surface area contributed by atoms with Crippen molar-refractivity contribution in [2.75, 3.05) is 20.7 Å². The van der Waals surface area contributed by atoms with Crippen LogP contribution in [0.3, 0.4) is 0 Å². The van der Waals surface area contributed by atoms with Crippen molar-refractivity contribution in [1.29, 1.82) is 0 Å². The minimum atomic E-state index is -3.49. The van der Waals surface area contributed by atoms with Crippen molar-refractivity contribution < 1.29 is 17.9 Å². The third kappa shape index (κ3) is 4.62. The molecule has 2 aromatic rings. The standard InChI is InChI=1S/C17H20N2O4S/c1-19(2)24(21,22)16-7-5-15(6-8-16)17(20)23-13-3-4-14-9-11-18-12-10-14/h5-12H,3-4,13H2,1-2H3. The Morgan fingerprint density at radius 3 is 2.29 bits per heavy atom. The van der Waals surface area contributed by atoms with Crippen molar-refractivity contribution in [3.63, 3.8) is 0 Å². The second-order valence-electron chi connectivity index (χ2n) is 5.41. The Morgan fingerprint density at radius 1 is 1.08 bits per heavy atom. The number of hydrogen-bond donors (Lipinski definition) is 0. The summed E-state index contributed by atoms with van der Waals surface area (Å²) in [5.74, 6) is -0.460. The summed E-state index contributed by atoms with van der Waals surface area (Å²) in [6, 6.07) is 9.58. The monoisotopic (exact) mass is 348 g/mol. The van der Waals surface area contributed by atoms with Crippen LogP contribution in [0.1, 0.15) is 22.3 Å². The number of carbonyl (C=O) groups is 1. The van der Waals surface area contributed by atoms with Crippen LogP contribution < -0.4 is 0 Å². The lowest BCUT2D eigenvalue weighted by atomic mass is 10.1. The van der Waals surface area contributed by atoms with E-state index in [2.05, 4.69) is 4.98 Å². The first-order chi connectivity index (χ1) is 11.4. The van der Waals surface area contributed by atoms with Crippen LogP contribution in [0.5, 0.6) is 0 Å². The van der Waals surface area contributed by atoms with E-state index in [9.17, 15) is 13.2 Å². The third-order valence-corrected chi connectivity index (χ3v) is 5.29. The normalized spacial score (nSPS) is 11.5. The molecule has 0 bridgehead atoms. The van der Waals surface area contributed by atoms with Crippen molar-refractivity contribution in [3.8, 4) is 0 Å². The summed E-state index contributed by atoms with van der Waals surface area (Å²) in [5.41, 5.74) is 1.47. The Morgan fingerprint density at radius 2 is 1.71 bits per heavy atom. The van der Waals surface area contributed by atoms with Gasteiger partial charge in [-0.25, -0.2) is 17.5 Å². The van der Waals surface area contributed by atoms with Gasteiger partial charge in [-0.2, -0.15) is 0 Å². The first kappa shape index (κ1) is 18.1. The number of aryl methyl sites for hydroxylation is 1. The molecule has 0 amide bonds. The molecule has 1 heterocycles. The van der Waals surface area contributed by atoms with Crippen LogP contribution in [0.2, 0.25) is 0 Å². The molecule has 0 radical (unpaired) electrons. The highest BCUT2D eigenvalue weighted by Gasteiger charge is 2.17. The van der Waals surface area contributed by atoms with E-state index in [1.165, 1.54) is 38.4 Å². The number of benzene rings is 1. The van der Waals surface area contributed by atoms with E-state index < -0.39 is 16.0 Å². The summed E-state index contributed by atoms with van der Waals surface area (Å²) in [7, 11) is -0.578. The molecule has 7 heteroatoms. The average molecular weight is 348 g/mol. The van der Waals surface area contributed by atoms with Gasteiger partial charge in [0.2, 0.25) is 10.0 Å². The van der Waals surface area contributed by atoms with Crippen LogP contribution >= 0.6 is 0 Å². The predicted octanol–water partition coefficient (Wildman–Crippen LogP) is 2.12. The minimum absolute atomic E-state index is 0.140. The van der Waals surface area contributed by atoms with E-state index in [-0.39, 0.29) is 4.90 Å². The molecular weight excluding hydrogens is 328 g/mol. The number of aromatic nitrogens is 1. The summed E-state index contributed by atoms with van der Waals surface area (Å²) >= 11 is 0. The number of esters is 1. The lowest BCUT2D eigenvalue weighted by Gasteiger charge is -2.11. The van der Waals surface area contributed by atoms with E-state index in [1.807, 2.05) is 12.1 Å². The largest absolute Gasteiger partial charge is 0.462 e. The first-order valence-electron chi connectivity index (χ1n) is 7.50. The lowest BCUT2D eigenvalue weighted by Crippen LogP contribution is -2.22. The molecule has 24 heavy (non-hydrogen) atoms. The number of rotatable bonds is 7. The molecule has 0 N–H and O–H groups in total. The molecule has 0 unspecified atom stereocenters. The lowest BCUT2D eigenvalue weighted by molar-refractivity contribution is 0.0500. The van der Waals surface area contributed by atoms with Crippen LogP contribution in [-0.4, -0.2) is 44.4 Å². The van der Waals surface area contributed by atoms with E-state index >= 15 is 0 Å². The number of ether oxygens (including phenoxy) is 1. The van der Waals surface area contributed by atoms with Gasteiger partial charge in [-0.3, -0.25) is 4.98 Å². The first-order valence-corrected chi connectivity index (χ1v) is 8.94. The molecule has 0 saturated heterocycles. The second kappa shape index (κ2) is 8.03. The second-order valence-corrected chi connectivity index (χ2v) is 7.56. The van der Waals surface area contributed by atoms with Gasteiger partial charge in [-0.15, -0.1) is 0 Å². The van der Waals surface area contributed by atoms with Crippen LogP contribution in [0.15, 0.2) is 53.7 Å². The Kier molecular flexibility index (Phi) is 6.05. The summed E-state index contributed by atoms with van der Waals surface area (Å²) in [4.78, 5) is 16.0. The van der Waals surface area contributed by atoms with Gasteiger partial charge in [0.05, 0.1) is 17.1 Å². The van der Waals surface area contributed by atoms with Crippen molar-refractivity contribution in [2.45, 2.75) is 17.7 Å². The number of sulfonamides is 1. The number of pyridine rings is 1. The van der Waals surface area contributed by atoms with Crippen molar-refractivity contribution >= 4 is 16.0 Å². The van der Waals surface area contributed by atoms with Gasteiger partial charge in [-0.1, -0.05) is 0 Å².